The van der Waals surface area contributed by atoms with Crippen LogP contribution in [0.5, 0.6) is 5.75 Å². The largest absolute Gasteiger partial charge is 0.478 e. The second kappa shape index (κ2) is 6.46. The van der Waals surface area contributed by atoms with Crippen LogP contribution in [0.3, 0.4) is 0 Å². The summed E-state index contributed by atoms with van der Waals surface area (Å²) in [7, 11) is -4.33. The Morgan fingerprint density at radius 1 is 0.957 bits per heavy atom. The van der Waals surface area contributed by atoms with Gasteiger partial charge in [0, 0.05) is 0 Å². The van der Waals surface area contributed by atoms with Crippen LogP contribution >= 0.6 is 0 Å². The molecule has 0 aromatic heterocycles. The molecular weight excluding hydrogens is 328 g/mol. The van der Waals surface area contributed by atoms with Gasteiger partial charge in [0.1, 0.15) is 0 Å². The third kappa shape index (κ3) is 4.28. The van der Waals surface area contributed by atoms with Crippen molar-refractivity contribution in [2.24, 2.45) is 0 Å². The van der Waals surface area contributed by atoms with Gasteiger partial charge in [0.25, 0.3) is 10.1 Å². The molecule has 0 aliphatic heterocycles. The topological polar surface area (TPSA) is 127 Å². The third-order valence-electron chi connectivity index (χ3n) is 2.68. The van der Waals surface area contributed by atoms with Crippen molar-refractivity contribution in [3.8, 4) is 5.75 Å². The quantitative estimate of drug-likeness (QED) is 0.480. The Morgan fingerprint density at radius 3 is 2.13 bits per heavy atom. The zero-order chi connectivity index (χ0) is 17.0. The molecule has 0 spiro atoms. The van der Waals surface area contributed by atoms with Crippen LogP contribution in [0.15, 0.2) is 53.4 Å². The van der Waals surface area contributed by atoms with E-state index < -0.39 is 22.1 Å². The summed E-state index contributed by atoms with van der Waals surface area (Å²) < 4.78 is 30.5. The molecular formula is C14H10O8S. The first-order valence-corrected chi connectivity index (χ1v) is 7.51. The lowest BCUT2D eigenvalue weighted by atomic mass is 10.1. The number of carbonyl (C=O) groups excluding carboxylic acids is 1. The van der Waals surface area contributed by atoms with Gasteiger partial charge in [-0.1, -0.05) is 6.07 Å². The molecule has 0 fully saturated rings. The van der Waals surface area contributed by atoms with Crippen LogP contribution < -0.4 is 4.89 Å². The Balaban J connectivity index is 2.04. The third-order valence-corrected chi connectivity index (χ3v) is 3.55. The van der Waals surface area contributed by atoms with Crippen molar-refractivity contribution in [1.82, 2.24) is 0 Å². The average Bonchev–Trinajstić information content (AvgIpc) is 2.52. The van der Waals surface area contributed by atoms with Crippen LogP contribution in [-0.2, 0) is 15.0 Å². The first kappa shape index (κ1) is 16.5. The Morgan fingerprint density at radius 2 is 1.57 bits per heavy atom. The molecule has 0 amide bonds. The Labute approximate surface area is 130 Å². The van der Waals surface area contributed by atoms with E-state index in [1.165, 1.54) is 30.3 Å². The van der Waals surface area contributed by atoms with Gasteiger partial charge in [-0.25, -0.2) is 14.5 Å². The van der Waals surface area contributed by atoms with E-state index in [-0.39, 0.29) is 21.8 Å². The summed E-state index contributed by atoms with van der Waals surface area (Å²) >= 11 is 0. The summed E-state index contributed by atoms with van der Waals surface area (Å²) in [6.45, 7) is 0. The van der Waals surface area contributed by atoms with Gasteiger partial charge in [-0.2, -0.15) is 8.42 Å². The molecule has 0 heterocycles. The molecule has 120 valence electrons. The van der Waals surface area contributed by atoms with E-state index in [2.05, 4.69) is 4.89 Å². The number of rotatable bonds is 5. The van der Waals surface area contributed by atoms with Crippen molar-refractivity contribution in [1.29, 1.82) is 0 Å². The zero-order valence-electron chi connectivity index (χ0n) is 11.4. The molecule has 23 heavy (non-hydrogen) atoms. The van der Waals surface area contributed by atoms with Crippen molar-refractivity contribution < 1.29 is 37.4 Å². The van der Waals surface area contributed by atoms with Crippen LogP contribution in [0, 0.1) is 0 Å². The molecule has 9 heteroatoms. The maximum absolute atomic E-state index is 11.7. The number of benzene rings is 2. The van der Waals surface area contributed by atoms with Crippen LogP contribution in [0.4, 0.5) is 0 Å². The zero-order valence-corrected chi connectivity index (χ0v) is 12.2. The van der Waals surface area contributed by atoms with Gasteiger partial charge in [-0.15, -0.1) is 0 Å². The molecule has 8 nitrogen and oxygen atoms in total. The van der Waals surface area contributed by atoms with Crippen molar-refractivity contribution in [3.05, 3.63) is 59.7 Å². The van der Waals surface area contributed by atoms with Gasteiger partial charge in [0.15, 0.2) is 5.75 Å². The lowest BCUT2D eigenvalue weighted by Gasteiger charge is -2.05. The van der Waals surface area contributed by atoms with E-state index in [1.54, 1.807) is 0 Å². The van der Waals surface area contributed by atoms with Gasteiger partial charge in [-0.3, -0.25) is 9.44 Å². The number of aromatic carboxylic acids is 1. The molecule has 0 bridgehead atoms. The fourth-order valence-corrected chi connectivity index (χ4v) is 2.06. The summed E-state index contributed by atoms with van der Waals surface area (Å²) in [5.41, 5.74) is -0.114. The van der Waals surface area contributed by atoms with Crippen molar-refractivity contribution in [3.63, 3.8) is 0 Å². The standard InChI is InChI=1S/C14H10O8S/c15-13(16)9-2-1-3-10(8-9)14(17)22-21-11-4-6-12(7-5-11)23(18,19)20/h1-8H,(H,15,16)(H,18,19,20). The number of carboxylic acid groups (broad SMARTS) is 1. The van der Waals surface area contributed by atoms with E-state index in [4.69, 9.17) is 14.5 Å². The van der Waals surface area contributed by atoms with Crippen molar-refractivity contribution >= 4 is 22.1 Å². The summed E-state index contributed by atoms with van der Waals surface area (Å²) in [6, 6.07) is 9.62. The van der Waals surface area contributed by atoms with E-state index in [0.717, 1.165) is 18.2 Å². The van der Waals surface area contributed by atoms with E-state index in [9.17, 15) is 18.0 Å². The summed E-state index contributed by atoms with van der Waals surface area (Å²) in [4.78, 5) is 31.5. The minimum absolute atomic E-state index is 0.0140. The van der Waals surface area contributed by atoms with Gasteiger partial charge >= 0.3 is 11.9 Å². The Bertz CT molecular complexity index is 839. The fraction of sp³-hybridized carbons (Fsp3) is 0. The predicted octanol–water partition coefficient (Wildman–Crippen LogP) is 1.78. The lowest BCUT2D eigenvalue weighted by Crippen LogP contribution is -2.09. The molecule has 2 N–H and O–H groups in total. The van der Waals surface area contributed by atoms with Crippen molar-refractivity contribution in [2.75, 3.05) is 0 Å². The maximum Gasteiger partial charge on any atom is 0.386 e. The van der Waals surface area contributed by atoms with E-state index in [1.807, 2.05) is 0 Å². The maximum atomic E-state index is 11.7. The minimum atomic E-state index is -4.33. The highest BCUT2D eigenvalue weighted by atomic mass is 32.2. The molecule has 0 radical (unpaired) electrons. The summed E-state index contributed by atoms with van der Waals surface area (Å²) in [6.07, 6.45) is 0. The Kier molecular flexibility index (Phi) is 4.63. The van der Waals surface area contributed by atoms with Gasteiger partial charge in [-0.05, 0) is 42.5 Å². The van der Waals surface area contributed by atoms with E-state index >= 15 is 0 Å². The molecule has 2 aromatic carbocycles. The SMILES string of the molecule is O=C(O)c1cccc(C(=O)OOc2ccc(S(=O)(=O)O)cc2)c1. The average molecular weight is 338 g/mol. The lowest BCUT2D eigenvalue weighted by molar-refractivity contribution is -0.149. The van der Waals surface area contributed by atoms with Gasteiger partial charge in [0.2, 0.25) is 0 Å². The van der Waals surface area contributed by atoms with Crippen molar-refractivity contribution in [2.45, 2.75) is 4.90 Å². The summed E-state index contributed by atoms with van der Waals surface area (Å²) in [5, 5.41) is 8.84. The number of hydrogen-bond acceptors (Lipinski definition) is 6. The van der Waals surface area contributed by atoms with Crippen LogP contribution in [0.25, 0.3) is 0 Å². The molecule has 2 rings (SSSR count). The normalized spacial score (nSPS) is 10.8. The van der Waals surface area contributed by atoms with Crippen LogP contribution in [-0.4, -0.2) is 30.0 Å². The van der Waals surface area contributed by atoms with Gasteiger partial charge < -0.3 is 5.11 Å². The highest BCUT2D eigenvalue weighted by Gasteiger charge is 2.13. The second-order valence-corrected chi connectivity index (χ2v) is 5.71. The Hall–Kier alpha value is -2.91. The van der Waals surface area contributed by atoms with Crippen LogP contribution in [0.2, 0.25) is 0 Å². The molecule has 0 saturated heterocycles. The molecule has 0 aliphatic carbocycles. The molecule has 2 aromatic rings. The smallest absolute Gasteiger partial charge is 0.386 e. The molecule has 0 unspecified atom stereocenters. The number of hydrogen-bond donors (Lipinski definition) is 2. The first-order chi connectivity index (χ1) is 10.8. The first-order valence-electron chi connectivity index (χ1n) is 6.07. The summed E-state index contributed by atoms with van der Waals surface area (Å²) in [5.74, 6) is -2.10. The molecule has 0 saturated carbocycles. The number of carbonyl (C=O) groups is 2. The monoisotopic (exact) mass is 338 g/mol. The fourth-order valence-electron chi connectivity index (χ4n) is 1.58. The molecule has 0 atom stereocenters. The number of carboxylic acids is 1. The van der Waals surface area contributed by atoms with Crippen LogP contribution in [0.1, 0.15) is 20.7 Å². The minimum Gasteiger partial charge on any atom is -0.478 e. The van der Waals surface area contributed by atoms with Gasteiger partial charge in [0.05, 0.1) is 16.0 Å². The second-order valence-electron chi connectivity index (χ2n) is 4.29. The van der Waals surface area contributed by atoms with E-state index in [0.29, 0.717) is 0 Å². The molecule has 0 aliphatic rings. The highest BCUT2D eigenvalue weighted by Crippen LogP contribution is 2.16. The predicted molar refractivity (Wildman–Crippen MR) is 75.7 cm³/mol. The highest BCUT2D eigenvalue weighted by molar-refractivity contribution is 7.85.